The van der Waals surface area contributed by atoms with Gasteiger partial charge in [-0.15, -0.1) is 0 Å². The number of hydrogen-bond acceptors (Lipinski definition) is 25. The van der Waals surface area contributed by atoms with E-state index in [2.05, 4.69) is 53.2 Å². The van der Waals surface area contributed by atoms with Crippen molar-refractivity contribution in [2.75, 3.05) is 57.3 Å². The number of imidazole rings is 3. The van der Waals surface area contributed by atoms with E-state index in [0.29, 0.717) is 102 Å². The Balaban J connectivity index is 0.000000139. The van der Waals surface area contributed by atoms with Gasteiger partial charge in [-0.25, -0.2) is 53.0 Å². The number of Topliss-reactive ketones (excluding diaryl/α,β-unsaturated/α-hetero) is 3. The normalized spacial score (nSPS) is 14.1. The fourth-order valence-corrected chi connectivity index (χ4v) is 15.8. The van der Waals surface area contributed by atoms with E-state index in [0.717, 1.165) is 152 Å². The molecule has 15 aromatic rings. The van der Waals surface area contributed by atoms with Crippen LogP contribution in [0.1, 0.15) is 169 Å². The second-order valence-corrected chi connectivity index (χ2v) is 31.1. The lowest BCUT2D eigenvalue weighted by atomic mass is 9.93. The highest BCUT2D eigenvalue weighted by molar-refractivity contribution is 5.99. The van der Waals surface area contributed by atoms with Crippen LogP contribution in [0.4, 0.5) is 19.0 Å². The van der Waals surface area contributed by atoms with Gasteiger partial charge in [-0.1, -0.05) is 36.4 Å². The first kappa shape index (κ1) is 84.8. The molecule has 0 atom stereocenters. The molecule has 0 saturated carbocycles. The van der Waals surface area contributed by atoms with E-state index in [4.69, 9.17) is 68.2 Å². The van der Waals surface area contributed by atoms with Gasteiger partial charge in [-0.3, -0.25) is 29.1 Å². The number of halogens is 3. The molecule has 0 radical (unpaired) electrons. The summed E-state index contributed by atoms with van der Waals surface area (Å²) in [6.45, 7) is 14.7. The zero-order valence-electron chi connectivity index (χ0n) is 69.4. The first-order valence-corrected chi connectivity index (χ1v) is 41.3. The standard InChI is InChI=1S/2C32H29FN6O3.C31H28FN7O3/c1-21(40)24-7-8-28-29(16-24)39(19-32-35-11-14-41-32)30(36-28)18-38-12-9-23(10-13-38)27-3-2-4-31(37-27)42-20-25-6-5-22(17-34)15-26(25)33;1-21(40)24-7-8-29-30(14-24)39(17-26-16-35-20-42-26)31(36-29)18-38-11-9-23(10-12-38)28-3-2-4-32(37-28)41-19-25-6-5-22(15-34)13-27(25)33;1-21(40)23-7-8-26-27(16-23)39(19-31-34-9-14-41-31)29(35-26)18-37-10-12-38(13-11-37)28-3-2-4-30(36-28)42-20-24-6-5-22(17-33)15-25(24)32/h2-8,11,14-16,23H,9-10,12-13,18-20H2,1H3;2-8,13-14,16,20,23H,9-12,17-19H2,1H3;2-9,14-16H,10-13,18-20H2,1H3. The summed E-state index contributed by atoms with van der Waals surface area (Å²) >= 11 is 0. The number of carbonyl (C=O) groups excluding carboxylic acids is 3. The van der Waals surface area contributed by atoms with Gasteiger partial charge in [-0.05, 0) is 182 Å². The Morgan fingerprint density at radius 1 is 0.421 bits per heavy atom. The van der Waals surface area contributed by atoms with E-state index in [1.807, 2.05) is 103 Å². The lowest BCUT2D eigenvalue weighted by molar-refractivity contribution is 0.100. The van der Waals surface area contributed by atoms with Gasteiger partial charge < -0.3 is 46.1 Å². The van der Waals surface area contributed by atoms with Crippen LogP contribution in [0.15, 0.2) is 215 Å². The highest BCUT2D eigenvalue weighted by atomic mass is 19.1. The van der Waals surface area contributed by atoms with Crippen LogP contribution in [-0.2, 0) is 59.1 Å². The van der Waals surface area contributed by atoms with Crippen molar-refractivity contribution >= 4 is 56.3 Å². The predicted molar refractivity (Wildman–Crippen MR) is 457 cm³/mol. The molecule has 18 rings (SSSR count). The Morgan fingerprint density at radius 2 is 0.802 bits per heavy atom. The summed E-state index contributed by atoms with van der Waals surface area (Å²) in [5, 5.41) is 26.8. The summed E-state index contributed by atoms with van der Waals surface area (Å²) in [5.74, 6) is 5.82. The van der Waals surface area contributed by atoms with Gasteiger partial charge in [0.05, 0.1) is 113 Å². The Hall–Kier alpha value is -14.8. The maximum atomic E-state index is 14.2. The SMILES string of the molecule is CC(=O)c1ccc2nc(CN3CCC(c4cccc(OCc5ccc(C#N)cc5F)n4)CC3)n(Cc3cnco3)c2c1.CC(=O)c1ccc2nc(CN3CCC(c4cccc(OCc5ccc(C#N)cc5F)n4)CC3)n(Cc3ncco3)c2c1.CC(=O)c1ccc2nc(CN3CCN(c4cccc(OCc5ccc(C#N)cc5F)n4)CC3)n(Cc3ncco3)c2c1. The van der Waals surface area contributed by atoms with E-state index in [1.165, 1.54) is 24.6 Å². The van der Waals surface area contributed by atoms with Crippen LogP contribution in [0.2, 0.25) is 0 Å². The molecule has 636 valence electrons. The summed E-state index contributed by atoms with van der Waals surface area (Å²) < 4.78 is 82.9. The Bertz CT molecular complexity index is 5920. The van der Waals surface area contributed by atoms with Crippen LogP contribution in [-0.4, -0.2) is 143 Å². The number of fused-ring (bicyclic) bond motifs is 3. The third-order valence-corrected chi connectivity index (χ3v) is 22.7. The molecule has 3 saturated heterocycles. The summed E-state index contributed by atoms with van der Waals surface area (Å²) in [7, 11) is 0. The maximum Gasteiger partial charge on any atom is 0.215 e. The third-order valence-electron chi connectivity index (χ3n) is 22.7. The van der Waals surface area contributed by atoms with Crippen molar-refractivity contribution in [3.63, 3.8) is 0 Å². The molecule has 0 unspecified atom stereocenters. The highest BCUT2D eigenvalue weighted by Gasteiger charge is 2.29. The van der Waals surface area contributed by atoms with Gasteiger partial charge in [0.25, 0.3) is 0 Å². The highest BCUT2D eigenvalue weighted by Crippen LogP contribution is 2.34. The minimum atomic E-state index is -0.477. The fourth-order valence-electron chi connectivity index (χ4n) is 15.8. The number of oxazole rings is 3. The number of pyridine rings is 3. The van der Waals surface area contributed by atoms with Crippen LogP contribution in [0, 0.1) is 51.4 Å². The van der Waals surface area contributed by atoms with Gasteiger partial charge in [0.1, 0.15) is 91.9 Å². The van der Waals surface area contributed by atoms with Crippen molar-refractivity contribution in [1.82, 2.24) is 73.3 Å². The van der Waals surface area contributed by atoms with Crippen molar-refractivity contribution in [3.05, 3.63) is 315 Å². The lowest BCUT2D eigenvalue weighted by Crippen LogP contribution is -2.46. The lowest BCUT2D eigenvalue weighted by Gasteiger charge is -2.35. The smallest absolute Gasteiger partial charge is 0.215 e. The van der Waals surface area contributed by atoms with Crippen molar-refractivity contribution in [3.8, 4) is 35.8 Å². The van der Waals surface area contributed by atoms with Gasteiger partial charge in [0, 0.05) is 101 Å². The van der Waals surface area contributed by atoms with Gasteiger partial charge >= 0.3 is 0 Å². The fraction of sp³-hybridized carbons (Fsp3) is 0.274. The number of ether oxygens (including phenoxy) is 3. The van der Waals surface area contributed by atoms with Crippen LogP contribution in [0.3, 0.4) is 0 Å². The summed E-state index contributed by atoms with van der Waals surface area (Å²) in [5.41, 5.74) is 10.9. The van der Waals surface area contributed by atoms with Crippen molar-refractivity contribution in [2.24, 2.45) is 0 Å². The minimum Gasteiger partial charge on any atom is -0.473 e. The number of benzene rings is 6. The number of piperidine rings is 2. The molecule has 0 aliphatic carbocycles. The molecule has 6 aromatic carbocycles. The first-order chi connectivity index (χ1) is 61.4. The molecule has 28 nitrogen and oxygen atoms in total. The molecule has 0 spiro atoms. The number of rotatable bonds is 27. The average Bonchev–Trinajstić information content (AvgIpc) is 1.64. The second kappa shape index (κ2) is 39.1. The average molecular weight is 1690 g/mol. The number of aromatic nitrogens is 12. The van der Waals surface area contributed by atoms with E-state index in [1.54, 1.807) is 113 Å². The summed E-state index contributed by atoms with van der Waals surface area (Å²) in [4.78, 5) is 86.8. The first-order valence-electron chi connectivity index (χ1n) is 41.3. The molecule has 9 aromatic heterocycles. The number of ketones is 3. The molecule has 3 aliphatic heterocycles. The van der Waals surface area contributed by atoms with E-state index in [-0.39, 0.29) is 65.7 Å². The number of nitriles is 3. The molecule has 0 bridgehead atoms. The number of hydrogen-bond donors (Lipinski definition) is 0. The quantitative estimate of drug-likeness (QED) is 0.0432. The van der Waals surface area contributed by atoms with Gasteiger partial charge in [0.15, 0.2) is 23.7 Å². The van der Waals surface area contributed by atoms with Gasteiger partial charge in [0.2, 0.25) is 29.4 Å². The Kier molecular flexibility index (Phi) is 26.3. The molecule has 3 fully saturated rings. The molecule has 3 aliphatic rings. The largest absolute Gasteiger partial charge is 0.473 e. The number of nitrogens with zero attached hydrogens (tertiary/aromatic N) is 19. The molecule has 12 heterocycles. The third kappa shape index (κ3) is 20.6. The van der Waals surface area contributed by atoms with Crippen LogP contribution >= 0.6 is 0 Å². The molecular weight excluding hydrogens is 1610 g/mol. The van der Waals surface area contributed by atoms with Crippen LogP contribution in [0.25, 0.3) is 33.1 Å². The number of piperazine rings is 1. The second-order valence-electron chi connectivity index (χ2n) is 31.1. The Labute approximate surface area is 722 Å². The van der Waals surface area contributed by atoms with Crippen molar-refractivity contribution in [1.29, 1.82) is 15.8 Å². The molecule has 31 heteroatoms. The number of anilines is 1. The number of likely N-dealkylation sites (tertiary alicyclic amines) is 2. The van der Waals surface area contributed by atoms with Crippen LogP contribution in [0.5, 0.6) is 17.6 Å². The summed E-state index contributed by atoms with van der Waals surface area (Å²) in [6.07, 6.45) is 13.2. The maximum absolute atomic E-state index is 14.2. The van der Waals surface area contributed by atoms with Gasteiger partial charge in [-0.2, -0.15) is 20.8 Å². The molecule has 0 N–H and O–H groups in total. The zero-order chi connectivity index (χ0) is 87.2. The minimum absolute atomic E-state index is 0.00273. The number of carbonyl (C=O) groups is 3. The van der Waals surface area contributed by atoms with Crippen molar-refractivity contribution in [2.45, 2.75) is 117 Å². The zero-order valence-corrected chi connectivity index (χ0v) is 69.4. The predicted octanol–water partition coefficient (Wildman–Crippen LogP) is 15.9. The Morgan fingerprint density at radius 3 is 1.16 bits per heavy atom. The monoisotopic (exact) mass is 1690 g/mol. The molecule has 126 heavy (non-hydrogen) atoms. The van der Waals surface area contributed by atoms with E-state index in [9.17, 15) is 27.6 Å². The van der Waals surface area contributed by atoms with E-state index < -0.39 is 17.5 Å². The molecule has 0 amide bonds. The topological polar surface area (TPSA) is 333 Å². The molecular formula is C95H86F3N19O9. The van der Waals surface area contributed by atoms with E-state index >= 15 is 0 Å². The van der Waals surface area contributed by atoms with Crippen LogP contribution < -0.4 is 19.1 Å². The summed E-state index contributed by atoms with van der Waals surface area (Å²) in [6, 6.07) is 52.6. The van der Waals surface area contributed by atoms with Crippen molar-refractivity contribution < 1.29 is 55.0 Å².